The van der Waals surface area contributed by atoms with Gasteiger partial charge in [0.15, 0.2) is 0 Å². The highest BCUT2D eigenvalue weighted by molar-refractivity contribution is 7.98. The number of anilines is 1. The highest BCUT2D eigenvalue weighted by Crippen LogP contribution is 2.29. The first-order valence-corrected chi connectivity index (χ1v) is 7.20. The summed E-state index contributed by atoms with van der Waals surface area (Å²) < 4.78 is 5.23. The van der Waals surface area contributed by atoms with Crippen molar-refractivity contribution in [1.29, 1.82) is 0 Å². The highest BCUT2D eigenvalue weighted by Gasteiger charge is 2.02. The third-order valence-electron chi connectivity index (χ3n) is 2.83. The zero-order valence-electron chi connectivity index (χ0n) is 11.6. The largest absolute Gasteiger partial charge is 0.497 e. The number of rotatable bonds is 4. The first-order chi connectivity index (χ1) is 9.06. The van der Waals surface area contributed by atoms with Gasteiger partial charge in [0.2, 0.25) is 0 Å². The Morgan fingerprint density at radius 2 is 1.68 bits per heavy atom. The maximum absolute atomic E-state index is 5.86. The van der Waals surface area contributed by atoms with E-state index in [1.165, 1.54) is 16.7 Å². The molecule has 0 saturated carbocycles. The van der Waals surface area contributed by atoms with Crippen LogP contribution in [0.2, 0.25) is 0 Å². The summed E-state index contributed by atoms with van der Waals surface area (Å²) in [6.45, 7) is 4.26. The van der Waals surface area contributed by atoms with Crippen LogP contribution in [0, 0.1) is 13.8 Å². The second kappa shape index (κ2) is 6.02. The van der Waals surface area contributed by atoms with Crippen molar-refractivity contribution in [2.45, 2.75) is 24.5 Å². The van der Waals surface area contributed by atoms with E-state index in [9.17, 15) is 0 Å². The Labute approximate surface area is 119 Å². The molecule has 2 aromatic carbocycles. The Bertz CT molecular complexity index is 561. The minimum Gasteiger partial charge on any atom is -0.497 e. The van der Waals surface area contributed by atoms with Crippen LogP contribution in [0.25, 0.3) is 0 Å². The van der Waals surface area contributed by atoms with Gasteiger partial charge >= 0.3 is 0 Å². The average molecular weight is 273 g/mol. The van der Waals surface area contributed by atoms with Gasteiger partial charge in [0.25, 0.3) is 0 Å². The zero-order chi connectivity index (χ0) is 13.8. The number of thioether (sulfide) groups is 1. The summed E-state index contributed by atoms with van der Waals surface area (Å²) >= 11 is 1.77. The number of nitrogen functional groups attached to an aromatic ring is 1. The summed E-state index contributed by atoms with van der Waals surface area (Å²) in [6.07, 6.45) is 0. The van der Waals surface area contributed by atoms with Crippen molar-refractivity contribution in [2.75, 3.05) is 12.8 Å². The number of benzene rings is 2. The second-order valence-electron chi connectivity index (χ2n) is 4.73. The minimum atomic E-state index is 0.738. The van der Waals surface area contributed by atoms with Crippen LogP contribution in [0.4, 0.5) is 5.69 Å². The Morgan fingerprint density at radius 3 is 2.32 bits per heavy atom. The molecular weight excluding hydrogens is 254 g/mol. The molecule has 0 spiro atoms. The maximum atomic E-state index is 5.86. The minimum absolute atomic E-state index is 0.738. The van der Waals surface area contributed by atoms with Crippen LogP contribution in [0.5, 0.6) is 5.75 Å². The Kier molecular flexibility index (Phi) is 4.38. The molecule has 2 nitrogen and oxygen atoms in total. The molecule has 0 aliphatic carbocycles. The number of hydrogen-bond donors (Lipinski definition) is 1. The van der Waals surface area contributed by atoms with E-state index in [1.807, 2.05) is 18.2 Å². The van der Waals surface area contributed by atoms with Crippen LogP contribution in [0.15, 0.2) is 41.3 Å². The summed E-state index contributed by atoms with van der Waals surface area (Å²) in [5, 5.41) is 0. The number of hydrogen-bond acceptors (Lipinski definition) is 3. The first-order valence-electron chi connectivity index (χ1n) is 6.21. The van der Waals surface area contributed by atoms with E-state index in [1.54, 1.807) is 18.9 Å². The lowest BCUT2D eigenvalue weighted by atomic mass is 10.1. The summed E-state index contributed by atoms with van der Waals surface area (Å²) in [5.74, 6) is 1.75. The molecule has 100 valence electrons. The van der Waals surface area contributed by atoms with Gasteiger partial charge in [-0.1, -0.05) is 29.3 Å². The second-order valence-corrected chi connectivity index (χ2v) is 5.78. The standard InChI is InChI=1S/C16H19NOS/c1-11-4-12(2)6-13(5-11)10-19-16-8-14(17)7-15(9-16)18-3/h4-9H,10,17H2,1-3H3. The van der Waals surface area contributed by atoms with Crippen LogP contribution in [0.3, 0.4) is 0 Å². The zero-order valence-corrected chi connectivity index (χ0v) is 12.4. The van der Waals surface area contributed by atoms with Gasteiger partial charge < -0.3 is 10.5 Å². The molecule has 2 rings (SSSR count). The van der Waals surface area contributed by atoms with Gasteiger partial charge in [0.1, 0.15) is 5.75 Å². The van der Waals surface area contributed by atoms with Gasteiger partial charge in [-0.05, 0) is 31.5 Å². The van der Waals surface area contributed by atoms with Crippen molar-refractivity contribution >= 4 is 17.4 Å². The average Bonchev–Trinajstić information content (AvgIpc) is 2.34. The molecule has 19 heavy (non-hydrogen) atoms. The third kappa shape index (κ3) is 3.93. The van der Waals surface area contributed by atoms with E-state index in [-0.39, 0.29) is 0 Å². The van der Waals surface area contributed by atoms with Crippen molar-refractivity contribution in [2.24, 2.45) is 0 Å². The predicted molar refractivity (Wildman–Crippen MR) is 82.9 cm³/mol. The summed E-state index contributed by atoms with van der Waals surface area (Å²) in [6, 6.07) is 12.5. The Balaban J connectivity index is 2.11. The van der Waals surface area contributed by atoms with Crippen LogP contribution in [-0.4, -0.2) is 7.11 Å². The van der Waals surface area contributed by atoms with Crippen molar-refractivity contribution in [3.63, 3.8) is 0 Å². The van der Waals surface area contributed by atoms with E-state index in [0.717, 1.165) is 22.1 Å². The van der Waals surface area contributed by atoms with Gasteiger partial charge in [-0.2, -0.15) is 0 Å². The molecule has 0 saturated heterocycles. The lowest BCUT2D eigenvalue weighted by Gasteiger charge is -2.08. The van der Waals surface area contributed by atoms with Crippen molar-refractivity contribution in [3.05, 3.63) is 53.1 Å². The van der Waals surface area contributed by atoms with E-state index in [2.05, 4.69) is 32.0 Å². The normalized spacial score (nSPS) is 10.5. The Hall–Kier alpha value is -1.61. The molecule has 0 aliphatic heterocycles. The van der Waals surface area contributed by atoms with E-state index < -0.39 is 0 Å². The fourth-order valence-electron chi connectivity index (χ4n) is 2.11. The first kappa shape index (κ1) is 13.8. The fourth-order valence-corrected chi connectivity index (χ4v) is 3.03. The molecule has 0 radical (unpaired) electrons. The molecule has 2 N–H and O–H groups in total. The smallest absolute Gasteiger partial charge is 0.122 e. The molecular formula is C16H19NOS. The van der Waals surface area contributed by atoms with Gasteiger partial charge in [0.05, 0.1) is 7.11 Å². The summed E-state index contributed by atoms with van der Waals surface area (Å²) in [7, 11) is 1.66. The van der Waals surface area contributed by atoms with Crippen molar-refractivity contribution in [1.82, 2.24) is 0 Å². The highest BCUT2D eigenvalue weighted by atomic mass is 32.2. The quantitative estimate of drug-likeness (QED) is 0.670. The van der Waals surface area contributed by atoms with E-state index in [4.69, 9.17) is 10.5 Å². The van der Waals surface area contributed by atoms with Crippen LogP contribution >= 0.6 is 11.8 Å². The van der Waals surface area contributed by atoms with Crippen LogP contribution < -0.4 is 10.5 Å². The molecule has 3 heteroatoms. The van der Waals surface area contributed by atoms with Gasteiger partial charge in [-0.15, -0.1) is 11.8 Å². The third-order valence-corrected chi connectivity index (χ3v) is 3.87. The lowest BCUT2D eigenvalue weighted by Crippen LogP contribution is -1.90. The monoisotopic (exact) mass is 273 g/mol. The summed E-state index contributed by atoms with van der Waals surface area (Å²) in [5.41, 5.74) is 10.5. The number of aryl methyl sites for hydroxylation is 2. The van der Waals surface area contributed by atoms with Crippen molar-refractivity contribution in [3.8, 4) is 5.75 Å². The number of nitrogens with two attached hydrogens (primary N) is 1. The van der Waals surface area contributed by atoms with Gasteiger partial charge in [-0.25, -0.2) is 0 Å². The number of methoxy groups -OCH3 is 1. The van der Waals surface area contributed by atoms with Gasteiger partial charge in [-0.3, -0.25) is 0 Å². The van der Waals surface area contributed by atoms with Crippen LogP contribution in [0.1, 0.15) is 16.7 Å². The van der Waals surface area contributed by atoms with Gasteiger partial charge in [0, 0.05) is 22.4 Å². The molecule has 0 unspecified atom stereocenters. The maximum Gasteiger partial charge on any atom is 0.122 e. The molecule has 0 aliphatic rings. The fraction of sp³-hybridized carbons (Fsp3) is 0.250. The van der Waals surface area contributed by atoms with Crippen LogP contribution in [-0.2, 0) is 5.75 Å². The molecule has 0 amide bonds. The molecule has 2 aromatic rings. The topological polar surface area (TPSA) is 35.2 Å². The molecule has 0 aromatic heterocycles. The van der Waals surface area contributed by atoms with E-state index >= 15 is 0 Å². The number of ether oxygens (including phenoxy) is 1. The molecule has 0 atom stereocenters. The molecule has 0 bridgehead atoms. The lowest BCUT2D eigenvalue weighted by molar-refractivity contribution is 0.414. The summed E-state index contributed by atoms with van der Waals surface area (Å²) in [4.78, 5) is 1.14. The molecule has 0 fully saturated rings. The van der Waals surface area contributed by atoms with Crippen molar-refractivity contribution < 1.29 is 4.74 Å². The predicted octanol–water partition coefficient (Wildman–Crippen LogP) is 4.19. The molecule has 0 heterocycles. The van der Waals surface area contributed by atoms with E-state index in [0.29, 0.717) is 0 Å². The SMILES string of the molecule is COc1cc(N)cc(SCc2cc(C)cc(C)c2)c1. The Morgan fingerprint density at radius 1 is 1.00 bits per heavy atom.